The maximum atomic E-state index is 13.7. The number of carbonyl (C=O) groups is 1. The van der Waals surface area contributed by atoms with Gasteiger partial charge in [0.05, 0.1) is 24.1 Å². The second-order valence-corrected chi connectivity index (χ2v) is 9.46. The van der Waals surface area contributed by atoms with Gasteiger partial charge in [0.2, 0.25) is 21.7 Å². The maximum Gasteiger partial charge on any atom is 0.231 e. The van der Waals surface area contributed by atoms with E-state index in [-0.39, 0.29) is 5.13 Å². The van der Waals surface area contributed by atoms with E-state index < -0.39 is 57.0 Å². The quantitative estimate of drug-likeness (QED) is 0.320. The Bertz CT molecular complexity index is 1270. The minimum atomic E-state index is -3.43. The molecule has 0 fully saturated rings. The predicted octanol–water partition coefficient (Wildman–Crippen LogP) is 4.08. The highest BCUT2D eigenvalue weighted by Crippen LogP contribution is 2.28. The number of hydrogen-bond donors (Lipinski definition) is 1. The normalized spacial score (nSPS) is 11.5. The molecule has 0 aliphatic heterocycles. The van der Waals surface area contributed by atoms with E-state index in [0.29, 0.717) is 16.9 Å². The van der Waals surface area contributed by atoms with Crippen LogP contribution in [-0.4, -0.2) is 32.6 Å². The van der Waals surface area contributed by atoms with Gasteiger partial charge < -0.3 is 5.32 Å². The summed E-state index contributed by atoms with van der Waals surface area (Å²) >= 11 is 0.970. The molecular formula is C19H14F5N3O3S2. The number of benzene rings is 2. The van der Waals surface area contributed by atoms with Crippen molar-refractivity contribution in [2.75, 3.05) is 22.9 Å². The number of sulfonamides is 1. The number of hydrogen-bond acceptors (Lipinski definition) is 5. The molecule has 32 heavy (non-hydrogen) atoms. The Morgan fingerprint density at radius 2 is 1.53 bits per heavy atom. The average molecular weight is 491 g/mol. The van der Waals surface area contributed by atoms with Gasteiger partial charge in [-0.15, -0.1) is 11.3 Å². The van der Waals surface area contributed by atoms with Crippen molar-refractivity contribution in [3.05, 3.63) is 64.3 Å². The van der Waals surface area contributed by atoms with Crippen molar-refractivity contribution in [3.63, 3.8) is 0 Å². The summed E-state index contributed by atoms with van der Waals surface area (Å²) in [7, 11) is -2.04. The Labute approximate surface area is 183 Å². The van der Waals surface area contributed by atoms with Gasteiger partial charge in [-0.25, -0.2) is 35.4 Å². The third kappa shape index (κ3) is 4.72. The molecule has 1 N–H and O–H groups in total. The highest BCUT2D eigenvalue weighted by atomic mass is 32.2. The first kappa shape index (κ1) is 23.6. The summed E-state index contributed by atoms with van der Waals surface area (Å²) < 4.78 is 91.4. The fourth-order valence-corrected chi connectivity index (χ4v) is 3.87. The van der Waals surface area contributed by atoms with Crippen molar-refractivity contribution in [3.8, 4) is 11.3 Å². The lowest BCUT2D eigenvalue weighted by Gasteiger charge is -2.16. The van der Waals surface area contributed by atoms with Crippen molar-refractivity contribution in [2.24, 2.45) is 0 Å². The molecule has 170 valence electrons. The first-order valence-electron chi connectivity index (χ1n) is 8.70. The lowest BCUT2D eigenvalue weighted by Crippen LogP contribution is -2.24. The van der Waals surface area contributed by atoms with Crippen molar-refractivity contribution < 1.29 is 35.2 Å². The summed E-state index contributed by atoms with van der Waals surface area (Å²) in [5.41, 5.74) is 0.173. The van der Waals surface area contributed by atoms with Crippen LogP contribution in [0.3, 0.4) is 0 Å². The number of nitrogens with one attached hydrogen (secondary N) is 1. The molecule has 13 heteroatoms. The van der Waals surface area contributed by atoms with Gasteiger partial charge in [-0.3, -0.25) is 9.10 Å². The molecule has 1 amide bonds. The van der Waals surface area contributed by atoms with Crippen molar-refractivity contribution in [1.29, 1.82) is 0 Å². The Balaban J connectivity index is 1.74. The number of thiazole rings is 1. The van der Waals surface area contributed by atoms with Crippen molar-refractivity contribution >= 4 is 38.1 Å². The van der Waals surface area contributed by atoms with Gasteiger partial charge in [-0.05, 0) is 12.1 Å². The zero-order valence-corrected chi connectivity index (χ0v) is 18.1. The molecular weight excluding hydrogens is 477 g/mol. The van der Waals surface area contributed by atoms with Crippen LogP contribution in [0.15, 0.2) is 29.6 Å². The molecule has 0 atom stereocenters. The summed E-state index contributed by atoms with van der Waals surface area (Å²) in [6.45, 7) is 0. The number of nitrogens with zero attached hydrogens (tertiary/aromatic N) is 2. The highest BCUT2D eigenvalue weighted by Gasteiger charge is 2.27. The topological polar surface area (TPSA) is 79.4 Å². The predicted molar refractivity (Wildman–Crippen MR) is 109 cm³/mol. The van der Waals surface area contributed by atoms with E-state index in [4.69, 9.17) is 0 Å². The van der Waals surface area contributed by atoms with Crippen LogP contribution in [0.2, 0.25) is 0 Å². The molecule has 0 spiro atoms. The Morgan fingerprint density at radius 3 is 2.06 bits per heavy atom. The highest BCUT2D eigenvalue weighted by molar-refractivity contribution is 7.92. The fraction of sp³-hybridized carbons (Fsp3) is 0.158. The minimum absolute atomic E-state index is 0.0335. The largest absolute Gasteiger partial charge is 0.302 e. The molecule has 3 rings (SSSR count). The summed E-state index contributed by atoms with van der Waals surface area (Å²) in [5.74, 6) is -11.7. The van der Waals surface area contributed by atoms with Crippen LogP contribution in [0, 0.1) is 29.1 Å². The van der Waals surface area contributed by atoms with Crippen LogP contribution in [0.1, 0.15) is 5.56 Å². The number of rotatable bonds is 6. The first-order valence-corrected chi connectivity index (χ1v) is 11.4. The molecule has 0 saturated carbocycles. The Kier molecular flexibility index (Phi) is 6.51. The molecule has 1 heterocycles. The molecule has 0 aliphatic carbocycles. The first-order chi connectivity index (χ1) is 14.9. The number of aromatic nitrogens is 1. The van der Waals surface area contributed by atoms with Crippen LogP contribution >= 0.6 is 11.3 Å². The van der Waals surface area contributed by atoms with E-state index in [0.717, 1.165) is 21.9 Å². The zero-order chi connectivity index (χ0) is 23.8. The number of halogens is 5. The van der Waals surface area contributed by atoms with Gasteiger partial charge in [-0.1, -0.05) is 12.1 Å². The minimum Gasteiger partial charge on any atom is -0.302 e. The summed E-state index contributed by atoms with van der Waals surface area (Å²) in [6.07, 6.45) is -0.0318. The second kappa shape index (κ2) is 8.82. The molecule has 0 bridgehead atoms. The van der Waals surface area contributed by atoms with Crippen molar-refractivity contribution in [1.82, 2.24) is 4.98 Å². The van der Waals surface area contributed by atoms with E-state index in [2.05, 4.69) is 10.3 Å². The molecule has 0 unspecified atom stereocenters. The van der Waals surface area contributed by atoms with E-state index in [1.165, 1.54) is 7.05 Å². The summed E-state index contributed by atoms with van der Waals surface area (Å²) in [5, 5.41) is 3.84. The van der Waals surface area contributed by atoms with Gasteiger partial charge in [-0.2, -0.15) is 0 Å². The monoisotopic (exact) mass is 491 g/mol. The lowest BCUT2D eigenvalue weighted by molar-refractivity contribution is -0.115. The summed E-state index contributed by atoms with van der Waals surface area (Å²) in [4.78, 5) is 16.2. The van der Waals surface area contributed by atoms with Crippen LogP contribution in [0.25, 0.3) is 11.3 Å². The molecule has 0 radical (unpaired) electrons. The van der Waals surface area contributed by atoms with E-state index in [1.807, 2.05) is 0 Å². The third-order valence-corrected chi connectivity index (χ3v) is 6.38. The van der Waals surface area contributed by atoms with E-state index in [1.54, 1.807) is 29.6 Å². The van der Waals surface area contributed by atoms with Gasteiger partial charge in [0.1, 0.15) is 0 Å². The molecule has 0 aliphatic rings. The Hall–Kier alpha value is -3.06. The van der Waals surface area contributed by atoms with Crippen LogP contribution in [-0.2, 0) is 21.2 Å². The van der Waals surface area contributed by atoms with Crippen LogP contribution < -0.4 is 9.62 Å². The van der Waals surface area contributed by atoms with Gasteiger partial charge in [0.25, 0.3) is 0 Å². The SMILES string of the molecule is CN(c1ccc(-c2csc(NC(=O)Cc3c(F)c(F)c(F)c(F)c3F)n2)cc1)S(C)(=O)=O. The third-order valence-electron chi connectivity index (χ3n) is 4.41. The number of amides is 1. The molecule has 0 saturated heterocycles. The maximum absolute atomic E-state index is 13.7. The smallest absolute Gasteiger partial charge is 0.231 e. The van der Waals surface area contributed by atoms with Gasteiger partial charge in [0, 0.05) is 23.6 Å². The summed E-state index contributed by atoms with van der Waals surface area (Å²) in [6, 6.07) is 6.31. The van der Waals surface area contributed by atoms with Crippen LogP contribution in [0.4, 0.5) is 32.8 Å². The number of carbonyl (C=O) groups excluding carboxylic acids is 1. The Morgan fingerprint density at radius 1 is 1.00 bits per heavy atom. The standard InChI is InChI=1S/C19H14F5N3O3S2/c1-27(32(2,29)30)10-5-3-9(4-6-10)12-8-31-19(25-12)26-13(28)7-11-14(20)16(22)18(24)17(23)15(11)21/h3-6,8H,7H2,1-2H3,(H,25,26,28). The zero-order valence-electron chi connectivity index (χ0n) is 16.4. The van der Waals surface area contributed by atoms with E-state index in [9.17, 15) is 35.2 Å². The molecule has 2 aromatic carbocycles. The molecule has 1 aromatic heterocycles. The van der Waals surface area contributed by atoms with E-state index >= 15 is 0 Å². The number of anilines is 2. The van der Waals surface area contributed by atoms with Gasteiger partial charge in [0.15, 0.2) is 28.4 Å². The van der Waals surface area contributed by atoms with Gasteiger partial charge >= 0.3 is 0 Å². The second-order valence-electron chi connectivity index (χ2n) is 6.59. The molecule has 3 aromatic rings. The average Bonchev–Trinajstić information content (AvgIpc) is 3.21. The molecule has 6 nitrogen and oxygen atoms in total. The van der Waals surface area contributed by atoms with Crippen LogP contribution in [0.5, 0.6) is 0 Å². The lowest BCUT2D eigenvalue weighted by atomic mass is 10.1. The fourth-order valence-electron chi connectivity index (χ4n) is 2.63. The van der Waals surface area contributed by atoms with Crippen molar-refractivity contribution in [2.45, 2.75) is 6.42 Å².